The number of hydrogen-bond donors (Lipinski definition) is 2. The van der Waals surface area contributed by atoms with Crippen LogP contribution in [0.4, 0.5) is 5.69 Å². The van der Waals surface area contributed by atoms with Crippen LogP contribution in [0.25, 0.3) is 10.8 Å². The van der Waals surface area contributed by atoms with Crippen LogP contribution in [0.15, 0.2) is 72.8 Å². The highest BCUT2D eigenvalue weighted by Crippen LogP contribution is 2.25. The Kier molecular flexibility index (Phi) is 5.88. The molecule has 1 atom stereocenters. The Morgan fingerprint density at radius 3 is 2.40 bits per heavy atom. The van der Waals surface area contributed by atoms with E-state index in [0.717, 1.165) is 22.2 Å². The van der Waals surface area contributed by atoms with Crippen molar-refractivity contribution in [3.63, 3.8) is 0 Å². The van der Waals surface area contributed by atoms with Crippen LogP contribution < -0.4 is 9.64 Å². The summed E-state index contributed by atoms with van der Waals surface area (Å²) in [7, 11) is 0. The summed E-state index contributed by atoms with van der Waals surface area (Å²) in [4.78, 5) is 1.96. The first-order valence-corrected chi connectivity index (χ1v) is 8.47. The highest BCUT2D eigenvalue weighted by atomic mass is 16.5. The summed E-state index contributed by atoms with van der Waals surface area (Å²) in [6.45, 7) is 1.10. The second kappa shape index (κ2) is 8.51. The van der Waals surface area contributed by atoms with E-state index in [2.05, 4.69) is 0 Å². The topological polar surface area (TPSA) is 52.9 Å². The van der Waals surface area contributed by atoms with Gasteiger partial charge in [-0.2, -0.15) is 0 Å². The van der Waals surface area contributed by atoms with Crippen molar-refractivity contribution in [2.45, 2.75) is 6.10 Å². The molecule has 4 nitrogen and oxygen atoms in total. The molecule has 0 bridgehead atoms. The number of anilines is 1. The largest absolute Gasteiger partial charge is 0.490 e. The molecular weight excluding hydrogens is 314 g/mol. The van der Waals surface area contributed by atoms with Gasteiger partial charge in [0, 0.05) is 24.2 Å². The molecule has 25 heavy (non-hydrogen) atoms. The molecule has 0 aliphatic heterocycles. The van der Waals surface area contributed by atoms with Gasteiger partial charge in [-0.3, -0.25) is 0 Å². The van der Waals surface area contributed by atoms with E-state index < -0.39 is 6.10 Å². The molecule has 1 unspecified atom stereocenters. The Hall–Kier alpha value is -2.56. The fourth-order valence-corrected chi connectivity index (χ4v) is 2.90. The van der Waals surface area contributed by atoms with Crippen molar-refractivity contribution < 1.29 is 14.9 Å². The van der Waals surface area contributed by atoms with Gasteiger partial charge in [0.05, 0.1) is 6.61 Å². The van der Waals surface area contributed by atoms with Gasteiger partial charge < -0.3 is 19.8 Å². The smallest absolute Gasteiger partial charge is 0.127 e. The maximum Gasteiger partial charge on any atom is 0.127 e. The molecule has 4 heteroatoms. The average molecular weight is 337 g/mol. The number of aliphatic hydroxyl groups is 2. The van der Waals surface area contributed by atoms with Crippen LogP contribution in [-0.4, -0.2) is 42.6 Å². The molecular formula is C21H23NO3. The molecule has 0 amide bonds. The monoisotopic (exact) mass is 337 g/mol. The molecule has 3 aromatic rings. The normalized spacial score (nSPS) is 12.1. The van der Waals surface area contributed by atoms with Crippen molar-refractivity contribution in [1.29, 1.82) is 0 Å². The van der Waals surface area contributed by atoms with E-state index in [1.165, 1.54) is 0 Å². The third kappa shape index (κ3) is 4.50. The zero-order valence-corrected chi connectivity index (χ0v) is 14.1. The lowest BCUT2D eigenvalue weighted by atomic mass is 10.1. The Labute approximate surface area is 147 Å². The zero-order chi connectivity index (χ0) is 17.5. The van der Waals surface area contributed by atoms with E-state index in [4.69, 9.17) is 4.74 Å². The van der Waals surface area contributed by atoms with E-state index in [0.29, 0.717) is 13.1 Å². The van der Waals surface area contributed by atoms with Gasteiger partial charge in [-0.05, 0) is 23.6 Å². The Morgan fingerprint density at radius 1 is 0.880 bits per heavy atom. The number of rotatable bonds is 8. The Morgan fingerprint density at radius 2 is 1.60 bits per heavy atom. The average Bonchev–Trinajstić information content (AvgIpc) is 2.66. The first kappa shape index (κ1) is 17.3. The van der Waals surface area contributed by atoms with Gasteiger partial charge in [0.2, 0.25) is 0 Å². The second-order valence-corrected chi connectivity index (χ2v) is 5.95. The van der Waals surface area contributed by atoms with E-state index in [9.17, 15) is 10.2 Å². The summed E-state index contributed by atoms with van der Waals surface area (Å²) in [5, 5.41) is 21.8. The maximum absolute atomic E-state index is 10.4. The van der Waals surface area contributed by atoms with E-state index in [-0.39, 0.29) is 13.2 Å². The van der Waals surface area contributed by atoms with Crippen LogP contribution in [0.1, 0.15) is 0 Å². The number of nitrogens with zero attached hydrogens (tertiary/aromatic N) is 1. The quantitative estimate of drug-likeness (QED) is 0.663. The molecule has 0 saturated heterocycles. The first-order chi connectivity index (χ1) is 12.3. The van der Waals surface area contributed by atoms with Gasteiger partial charge in [-0.15, -0.1) is 0 Å². The molecule has 130 valence electrons. The third-order valence-electron chi connectivity index (χ3n) is 4.10. The van der Waals surface area contributed by atoms with Crippen LogP contribution >= 0.6 is 0 Å². The van der Waals surface area contributed by atoms with Crippen molar-refractivity contribution in [1.82, 2.24) is 0 Å². The minimum absolute atomic E-state index is 0.0335. The van der Waals surface area contributed by atoms with Crippen molar-refractivity contribution in [3.05, 3.63) is 72.8 Å². The molecule has 2 N–H and O–H groups in total. The predicted octanol–water partition coefficient (Wildman–Crippen LogP) is 3.08. The van der Waals surface area contributed by atoms with Crippen molar-refractivity contribution in [2.24, 2.45) is 0 Å². The molecule has 0 radical (unpaired) electrons. The van der Waals surface area contributed by atoms with Crippen molar-refractivity contribution >= 4 is 16.5 Å². The third-order valence-corrected chi connectivity index (χ3v) is 4.10. The Bertz CT molecular complexity index is 786. The highest BCUT2D eigenvalue weighted by molar-refractivity contribution is 5.88. The summed E-state index contributed by atoms with van der Waals surface area (Å²) in [5.74, 6) is 0.769. The summed E-state index contributed by atoms with van der Waals surface area (Å²) in [6.07, 6.45) is -0.661. The van der Waals surface area contributed by atoms with Gasteiger partial charge in [0.25, 0.3) is 0 Å². The lowest BCUT2D eigenvalue weighted by Gasteiger charge is -2.26. The fourth-order valence-electron chi connectivity index (χ4n) is 2.90. The van der Waals surface area contributed by atoms with Crippen LogP contribution in [0, 0.1) is 0 Å². The van der Waals surface area contributed by atoms with E-state index in [1.807, 2.05) is 77.7 Å². The molecule has 0 aromatic heterocycles. The van der Waals surface area contributed by atoms with Crippen molar-refractivity contribution in [2.75, 3.05) is 31.2 Å². The molecule has 3 aromatic carbocycles. The fraction of sp³-hybridized carbons (Fsp3) is 0.238. The van der Waals surface area contributed by atoms with Gasteiger partial charge in [0.1, 0.15) is 18.5 Å². The number of aliphatic hydroxyl groups excluding tert-OH is 2. The maximum atomic E-state index is 10.4. The zero-order valence-electron chi connectivity index (χ0n) is 14.1. The summed E-state index contributed by atoms with van der Waals surface area (Å²) in [6, 6.07) is 23.7. The summed E-state index contributed by atoms with van der Waals surface area (Å²) in [5.41, 5.74) is 0.973. The van der Waals surface area contributed by atoms with Crippen molar-refractivity contribution in [3.8, 4) is 5.75 Å². The molecule has 0 spiro atoms. The number of hydrogen-bond acceptors (Lipinski definition) is 4. The number of benzene rings is 3. The van der Waals surface area contributed by atoms with E-state index in [1.54, 1.807) is 0 Å². The lowest BCUT2D eigenvalue weighted by Crippen LogP contribution is -2.37. The standard InChI is InChI=1S/C21H23NO3/c23-14-13-22(18-9-2-1-3-10-18)15-19(24)16-25-21-12-6-8-17-7-4-5-11-20(17)21/h1-12,19,23-24H,13-16H2. The number of ether oxygens (including phenoxy) is 1. The van der Waals surface area contributed by atoms with Gasteiger partial charge >= 0.3 is 0 Å². The van der Waals surface area contributed by atoms with Crippen LogP contribution in [0.5, 0.6) is 5.75 Å². The van der Waals surface area contributed by atoms with Crippen LogP contribution in [0.2, 0.25) is 0 Å². The molecule has 3 rings (SSSR count). The first-order valence-electron chi connectivity index (χ1n) is 8.47. The predicted molar refractivity (Wildman–Crippen MR) is 101 cm³/mol. The minimum Gasteiger partial charge on any atom is -0.490 e. The molecule has 0 heterocycles. The minimum atomic E-state index is -0.661. The molecule has 0 fully saturated rings. The van der Waals surface area contributed by atoms with Gasteiger partial charge in [-0.1, -0.05) is 54.6 Å². The second-order valence-electron chi connectivity index (χ2n) is 5.95. The van der Waals surface area contributed by atoms with E-state index >= 15 is 0 Å². The highest BCUT2D eigenvalue weighted by Gasteiger charge is 2.13. The SMILES string of the molecule is OCCN(CC(O)COc1cccc2ccccc12)c1ccccc1. The number of fused-ring (bicyclic) bond motifs is 1. The van der Waals surface area contributed by atoms with Gasteiger partial charge in [-0.25, -0.2) is 0 Å². The summed E-state index contributed by atoms with van der Waals surface area (Å²) < 4.78 is 5.86. The van der Waals surface area contributed by atoms with Crippen LogP contribution in [-0.2, 0) is 0 Å². The summed E-state index contributed by atoms with van der Waals surface area (Å²) >= 11 is 0. The molecule has 0 aliphatic rings. The van der Waals surface area contributed by atoms with Crippen LogP contribution in [0.3, 0.4) is 0 Å². The molecule has 0 saturated carbocycles. The van der Waals surface area contributed by atoms with Gasteiger partial charge in [0.15, 0.2) is 0 Å². The lowest BCUT2D eigenvalue weighted by molar-refractivity contribution is 0.112. The Balaban J connectivity index is 1.64. The molecule has 0 aliphatic carbocycles. The number of para-hydroxylation sites is 1.